The fraction of sp³-hybridized carbons (Fsp3) is 0. The number of rotatable bonds is 0. The third kappa shape index (κ3) is 2850. The first-order valence-corrected chi connectivity index (χ1v) is 7.17. The van der Waals surface area contributed by atoms with Gasteiger partial charge in [-0.2, -0.15) is 0 Å². The van der Waals surface area contributed by atoms with Gasteiger partial charge in [-0.3, -0.25) is 0 Å². The first kappa shape index (κ1) is 17.6. The second-order valence-electron chi connectivity index (χ2n) is 0.535. The third-order valence-electron chi connectivity index (χ3n) is 0. The zero-order valence-corrected chi connectivity index (χ0v) is 9.62. The minimum atomic E-state index is -4.28. The van der Waals surface area contributed by atoms with Crippen LogP contribution in [-0.4, -0.2) is 14.7 Å². The summed E-state index contributed by atoms with van der Waals surface area (Å²) in [7, 11) is -2.62. The molecule has 11 heavy (non-hydrogen) atoms. The average molecular weight is 401 g/mol. The Kier molecular flexibility index (Phi) is 26.9. The van der Waals surface area contributed by atoms with Crippen LogP contribution in [0.2, 0.25) is 0 Å². The Hall–Kier alpha value is 0.518. The van der Waals surface area contributed by atoms with Crippen LogP contribution in [0.4, 0.5) is 0 Å². The van der Waals surface area contributed by atoms with Crippen LogP contribution >= 0.6 is 8.60 Å². The van der Waals surface area contributed by atoms with E-state index in [2.05, 4.69) is 0 Å². The van der Waals surface area contributed by atoms with Crippen LogP contribution in [0.5, 0.6) is 0 Å². The maximum atomic E-state index is 8.61. The molecule has 0 spiro atoms. The predicted octanol–water partition coefficient (Wildman–Crippen LogP) is -1.41. The van der Waals surface area contributed by atoms with Gasteiger partial charge in [0.25, 0.3) is 0 Å². The minimum absolute atomic E-state index is 1.44. The topological polar surface area (TPSA) is 146 Å². The van der Waals surface area contributed by atoms with Crippen molar-refractivity contribution in [1.29, 1.82) is 0 Å². The fourth-order valence-electron chi connectivity index (χ4n) is 0. The van der Waals surface area contributed by atoms with Gasteiger partial charge in [-0.15, -0.1) is 0 Å². The molecule has 3 N–H and O–H groups in total. The van der Waals surface area contributed by atoms with Crippen molar-refractivity contribution >= 4 is 8.60 Å². The molecule has 0 aromatic heterocycles. The Morgan fingerprint density at radius 1 is 1.00 bits per heavy atom. The summed E-state index contributed by atoms with van der Waals surface area (Å²) in [6.45, 7) is 0. The Labute approximate surface area is 73.3 Å². The summed E-state index contributed by atoms with van der Waals surface area (Å²) in [6.07, 6.45) is 0. The molecule has 0 radical (unpaired) electrons. The molecule has 0 aromatic carbocycles. The SMILES string of the molecule is OP(O)O.[O]=[Mn]=[O].[O]=[W](=[O])=[O]. The van der Waals surface area contributed by atoms with Gasteiger partial charge in [0, 0.05) is 0 Å². The van der Waals surface area contributed by atoms with Crippen molar-refractivity contribution in [2.24, 2.45) is 0 Å². The molecule has 11 heteroatoms. The quantitative estimate of drug-likeness (QED) is 0.332. The van der Waals surface area contributed by atoms with Gasteiger partial charge in [-0.1, -0.05) is 0 Å². The van der Waals surface area contributed by atoms with Gasteiger partial charge in [0.15, 0.2) is 0 Å². The van der Waals surface area contributed by atoms with E-state index < -0.39 is 40.6 Å². The summed E-state index contributed by atoms with van der Waals surface area (Å²) >= 11 is -5.72. The van der Waals surface area contributed by atoms with Gasteiger partial charge >= 0.3 is 58.5 Å². The van der Waals surface area contributed by atoms with Crippen molar-refractivity contribution in [3.63, 3.8) is 0 Å². The van der Waals surface area contributed by atoms with Crippen molar-refractivity contribution in [2.45, 2.75) is 0 Å². The van der Waals surface area contributed by atoms with E-state index in [-0.39, 0.29) is 0 Å². The number of hydrogen-bond acceptors (Lipinski definition) is 8. The molecule has 69 valence electrons. The summed E-state index contributed by atoms with van der Waals surface area (Å²) in [5.74, 6) is 0. The van der Waals surface area contributed by atoms with E-state index in [9.17, 15) is 0 Å². The summed E-state index contributed by atoms with van der Waals surface area (Å²) in [5.41, 5.74) is 0. The molecule has 0 aliphatic carbocycles. The van der Waals surface area contributed by atoms with Crippen LogP contribution in [-0.2, 0) is 49.9 Å². The molecule has 0 unspecified atom stereocenters. The summed E-state index contributed by atoms with van der Waals surface area (Å²) in [5, 5.41) is 0. The van der Waals surface area contributed by atoms with Gasteiger partial charge < -0.3 is 14.7 Å². The molecule has 0 aliphatic rings. The van der Waals surface area contributed by atoms with Crippen molar-refractivity contribution in [2.75, 3.05) is 0 Å². The van der Waals surface area contributed by atoms with E-state index in [4.69, 9.17) is 32.5 Å². The second-order valence-corrected chi connectivity index (χ2v) is 2.74. The van der Waals surface area contributed by atoms with Crippen LogP contribution in [0.25, 0.3) is 0 Å². The zero-order chi connectivity index (χ0) is 9.86. The molecule has 8 nitrogen and oxygen atoms in total. The van der Waals surface area contributed by atoms with Crippen molar-refractivity contribution in [1.82, 2.24) is 0 Å². The monoisotopic (exact) mass is 401 g/mol. The normalized spacial score (nSPS) is 6.55. The molecule has 0 heterocycles. The molecule has 0 rings (SSSR count). The Morgan fingerprint density at radius 3 is 1.00 bits per heavy atom. The van der Waals surface area contributed by atoms with Crippen LogP contribution in [0.1, 0.15) is 0 Å². The van der Waals surface area contributed by atoms with E-state index in [1.807, 2.05) is 0 Å². The second kappa shape index (κ2) is 16.9. The fourth-order valence-corrected chi connectivity index (χ4v) is 0. The molecular weight excluding hydrogens is 398 g/mol. The van der Waals surface area contributed by atoms with Crippen molar-refractivity contribution in [3.05, 3.63) is 0 Å². The van der Waals surface area contributed by atoms with Crippen LogP contribution in [0.15, 0.2) is 0 Å². The first-order chi connectivity index (χ1) is 4.88. The molecule has 0 aromatic rings. The standard InChI is InChI=1S/Mn.H3O3P.5O.W/c;1-4(2)3;;;;;;/h;1-3H;;;;;;. The van der Waals surface area contributed by atoms with Crippen LogP contribution in [0, 0.1) is 0 Å². The third-order valence-corrected chi connectivity index (χ3v) is 0. The molecule has 0 saturated carbocycles. The van der Waals surface area contributed by atoms with Crippen molar-refractivity contribution < 1.29 is 64.6 Å². The van der Waals surface area contributed by atoms with Gasteiger partial charge in [-0.25, -0.2) is 0 Å². The van der Waals surface area contributed by atoms with Crippen LogP contribution in [0.3, 0.4) is 0 Å². The van der Waals surface area contributed by atoms with Gasteiger partial charge in [0.1, 0.15) is 0 Å². The van der Waals surface area contributed by atoms with Crippen LogP contribution < -0.4 is 0 Å². The zero-order valence-electron chi connectivity index (χ0n) is 4.62. The predicted molar refractivity (Wildman–Crippen MR) is 17.0 cm³/mol. The molecule has 0 bridgehead atoms. The van der Waals surface area contributed by atoms with E-state index in [1.165, 1.54) is 0 Å². The Balaban J connectivity index is -0.0000000886. The summed E-state index contributed by atoms with van der Waals surface area (Å²) < 4.78 is 42.6. The summed E-state index contributed by atoms with van der Waals surface area (Å²) in [4.78, 5) is 21.7. The maximum absolute atomic E-state index is 8.61. The van der Waals surface area contributed by atoms with E-state index in [0.29, 0.717) is 0 Å². The Bertz CT molecular complexity index is 172. The molecule has 0 saturated heterocycles. The van der Waals surface area contributed by atoms with E-state index >= 15 is 0 Å². The molecule has 0 atom stereocenters. The van der Waals surface area contributed by atoms with E-state index in [0.717, 1.165) is 0 Å². The number of hydrogen-bond donors (Lipinski definition) is 3. The van der Waals surface area contributed by atoms with E-state index in [1.54, 1.807) is 0 Å². The van der Waals surface area contributed by atoms with Gasteiger partial charge in [-0.05, 0) is 0 Å². The molecular formula is H3MnO8PW. The molecule has 0 fully saturated rings. The molecule has 0 amide bonds. The van der Waals surface area contributed by atoms with Gasteiger partial charge in [0.05, 0.1) is 0 Å². The van der Waals surface area contributed by atoms with Gasteiger partial charge in [0.2, 0.25) is 0 Å². The Morgan fingerprint density at radius 2 is 1.00 bits per heavy atom. The first-order valence-electron chi connectivity index (χ1n) is 1.41. The summed E-state index contributed by atoms with van der Waals surface area (Å²) in [6, 6.07) is 0. The molecule has 0 aliphatic heterocycles. The van der Waals surface area contributed by atoms with Crippen molar-refractivity contribution in [3.8, 4) is 0 Å². The average Bonchev–Trinajstić information content (AvgIpc) is 1.60.